The molecule has 2 aliphatic rings. The summed E-state index contributed by atoms with van der Waals surface area (Å²) in [4.78, 5) is 1.04. The van der Waals surface area contributed by atoms with Crippen LogP contribution in [0, 0.1) is 11.7 Å². The van der Waals surface area contributed by atoms with Gasteiger partial charge < -0.3 is 0 Å². The second-order valence-electron chi connectivity index (χ2n) is 6.64. The summed E-state index contributed by atoms with van der Waals surface area (Å²) in [6.45, 7) is 0.668. The van der Waals surface area contributed by atoms with Crippen LogP contribution in [0.4, 0.5) is 4.39 Å². The highest BCUT2D eigenvalue weighted by atomic mass is 79.9. The van der Waals surface area contributed by atoms with E-state index in [1.165, 1.54) is 0 Å². The third kappa shape index (κ3) is 2.58. The van der Waals surface area contributed by atoms with Crippen molar-refractivity contribution < 1.29 is 4.39 Å². The van der Waals surface area contributed by atoms with Gasteiger partial charge in [0.15, 0.2) is 0 Å². The Morgan fingerprint density at radius 2 is 2.13 bits per heavy atom. The summed E-state index contributed by atoms with van der Waals surface area (Å²) in [5.41, 5.74) is 1.66. The molecule has 0 spiro atoms. The summed E-state index contributed by atoms with van der Waals surface area (Å²) in [5.74, 6) is 0.379. The lowest BCUT2D eigenvalue weighted by molar-refractivity contribution is 0.353. The normalized spacial score (nSPS) is 24.9. The van der Waals surface area contributed by atoms with E-state index in [0.717, 1.165) is 52.7 Å². The molecule has 23 heavy (non-hydrogen) atoms. The van der Waals surface area contributed by atoms with Crippen LogP contribution in [0.1, 0.15) is 43.4 Å². The average molecular weight is 393 g/mol. The molecule has 5 heteroatoms. The van der Waals surface area contributed by atoms with Gasteiger partial charge in [-0.3, -0.25) is 4.68 Å². The van der Waals surface area contributed by atoms with Crippen molar-refractivity contribution in [2.45, 2.75) is 44.1 Å². The number of thiocarbonyl (C=S) groups is 1. The standard InChI is InChI=1S/C18H18BrFN2S/c19-13-5-6-16(20)15(10-13)18(12-3-4-12)8-1-2-14(23)11-22-17(18)7-9-21-22/h5-7,9-10,12H,1-4,8,11H2. The number of nitrogens with zero attached hydrogens (tertiary/aromatic N) is 2. The number of fused-ring (bicyclic) bond motifs is 1. The Balaban J connectivity index is 1.96. The Morgan fingerprint density at radius 3 is 2.91 bits per heavy atom. The molecule has 2 heterocycles. The highest BCUT2D eigenvalue weighted by molar-refractivity contribution is 9.10. The number of hydrogen-bond donors (Lipinski definition) is 0. The van der Waals surface area contributed by atoms with Gasteiger partial charge in [-0.1, -0.05) is 28.1 Å². The van der Waals surface area contributed by atoms with Crippen molar-refractivity contribution in [3.8, 4) is 0 Å². The summed E-state index contributed by atoms with van der Waals surface area (Å²) in [6.07, 6.45) is 6.99. The smallest absolute Gasteiger partial charge is 0.127 e. The van der Waals surface area contributed by atoms with Crippen molar-refractivity contribution in [3.63, 3.8) is 0 Å². The number of benzene rings is 1. The van der Waals surface area contributed by atoms with Gasteiger partial charge >= 0.3 is 0 Å². The van der Waals surface area contributed by atoms with Crippen LogP contribution in [-0.4, -0.2) is 14.6 Å². The number of rotatable bonds is 2. The Labute approximate surface area is 149 Å². The Hall–Kier alpha value is -1.07. The van der Waals surface area contributed by atoms with E-state index in [1.807, 2.05) is 16.9 Å². The zero-order valence-electron chi connectivity index (χ0n) is 12.8. The van der Waals surface area contributed by atoms with Crippen LogP contribution < -0.4 is 0 Å². The third-order valence-electron chi connectivity index (χ3n) is 5.21. The van der Waals surface area contributed by atoms with Gasteiger partial charge in [0.25, 0.3) is 0 Å². The van der Waals surface area contributed by atoms with Crippen LogP contribution in [-0.2, 0) is 12.0 Å². The first kappa shape index (κ1) is 15.5. The van der Waals surface area contributed by atoms with E-state index >= 15 is 0 Å². The first-order valence-corrected chi connectivity index (χ1v) is 9.31. The molecule has 1 atom stereocenters. The quantitative estimate of drug-likeness (QED) is 0.666. The molecule has 2 aromatic rings. The molecule has 1 fully saturated rings. The van der Waals surface area contributed by atoms with Crippen molar-refractivity contribution >= 4 is 33.0 Å². The maximum absolute atomic E-state index is 14.8. The summed E-state index contributed by atoms with van der Waals surface area (Å²) in [6, 6.07) is 7.37. The minimum absolute atomic E-state index is 0.115. The fourth-order valence-corrected chi connectivity index (χ4v) is 4.73. The molecule has 120 valence electrons. The zero-order chi connectivity index (χ0) is 16.0. The lowest BCUT2D eigenvalue weighted by Crippen LogP contribution is -2.36. The highest BCUT2D eigenvalue weighted by Crippen LogP contribution is 2.55. The SMILES string of the molecule is Fc1ccc(Br)cc1C1(C2CC2)CCCC(=S)Cn2nccc21. The summed E-state index contributed by atoms with van der Waals surface area (Å²) in [7, 11) is 0. The van der Waals surface area contributed by atoms with Crippen LogP contribution in [0.3, 0.4) is 0 Å². The van der Waals surface area contributed by atoms with Crippen LogP contribution in [0.15, 0.2) is 34.9 Å². The fourth-order valence-electron chi connectivity index (χ4n) is 4.10. The molecule has 1 aromatic carbocycles. The largest absolute Gasteiger partial charge is 0.264 e. The van der Waals surface area contributed by atoms with E-state index in [-0.39, 0.29) is 11.2 Å². The summed E-state index contributed by atoms with van der Waals surface area (Å²) in [5, 5.41) is 4.49. The van der Waals surface area contributed by atoms with Gasteiger partial charge in [-0.25, -0.2) is 4.39 Å². The van der Waals surface area contributed by atoms with Gasteiger partial charge in [0.05, 0.1) is 6.54 Å². The van der Waals surface area contributed by atoms with Crippen LogP contribution in [0.5, 0.6) is 0 Å². The minimum Gasteiger partial charge on any atom is -0.264 e. The molecule has 0 bridgehead atoms. The molecule has 1 aliphatic heterocycles. The van der Waals surface area contributed by atoms with E-state index in [1.54, 1.807) is 12.1 Å². The molecular formula is C18H18BrFN2S. The van der Waals surface area contributed by atoms with E-state index in [4.69, 9.17) is 12.2 Å². The van der Waals surface area contributed by atoms with Gasteiger partial charge in [-0.2, -0.15) is 5.10 Å². The van der Waals surface area contributed by atoms with Gasteiger partial charge in [0.1, 0.15) is 5.82 Å². The lowest BCUT2D eigenvalue weighted by atomic mass is 9.69. The lowest BCUT2D eigenvalue weighted by Gasteiger charge is -2.37. The van der Waals surface area contributed by atoms with Crippen molar-refractivity contribution in [2.24, 2.45) is 5.92 Å². The molecule has 0 N–H and O–H groups in total. The van der Waals surface area contributed by atoms with E-state index in [2.05, 4.69) is 27.1 Å². The van der Waals surface area contributed by atoms with Gasteiger partial charge in [0, 0.05) is 32.2 Å². The third-order valence-corrected chi connectivity index (χ3v) is 6.04. The maximum Gasteiger partial charge on any atom is 0.127 e. The predicted molar refractivity (Wildman–Crippen MR) is 96.3 cm³/mol. The molecule has 1 unspecified atom stereocenters. The van der Waals surface area contributed by atoms with E-state index in [0.29, 0.717) is 12.5 Å². The van der Waals surface area contributed by atoms with Gasteiger partial charge in [0.2, 0.25) is 0 Å². The van der Waals surface area contributed by atoms with Crippen LogP contribution in [0.2, 0.25) is 0 Å². The van der Waals surface area contributed by atoms with Crippen molar-refractivity contribution in [1.29, 1.82) is 0 Å². The minimum atomic E-state index is -0.277. The highest BCUT2D eigenvalue weighted by Gasteiger charge is 2.50. The Morgan fingerprint density at radius 1 is 1.30 bits per heavy atom. The van der Waals surface area contributed by atoms with E-state index < -0.39 is 0 Å². The molecule has 1 saturated carbocycles. The number of halogens is 2. The van der Waals surface area contributed by atoms with Crippen LogP contribution in [0.25, 0.3) is 0 Å². The van der Waals surface area contributed by atoms with Crippen molar-refractivity contribution in [2.75, 3.05) is 0 Å². The van der Waals surface area contributed by atoms with Crippen LogP contribution >= 0.6 is 28.1 Å². The van der Waals surface area contributed by atoms with E-state index in [9.17, 15) is 4.39 Å². The van der Waals surface area contributed by atoms with Crippen molar-refractivity contribution in [3.05, 3.63) is 52.0 Å². The molecule has 1 aliphatic carbocycles. The number of hydrogen-bond acceptors (Lipinski definition) is 2. The number of aromatic nitrogens is 2. The summed E-state index contributed by atoms with van der Waals surface area (Å²) < 4.78 is 17.8. The maximum atomic E-state index is 14.8. The monoisotopic (exact) mass is 392 g/mol. The van der Waals surface area contributed by atoms with Gasteiger partial charge in [-0.05, 0) is 62.3 Å². The second-order valence-corrected chi connectivity index (χ2v) is 8.13. The molecular weight excluding hydrogens is 375 g/mol. The fraction of sp³-hybridized carbons (Fsp3) is 0.444. The van der Waals surface area contributed by atoms with Gasteiger partial charge in [-0.15, -0.1) is 0 Å². The molecule has 4 rings (SSSR count). The predicted octanol–water partition coefficient (Wildman–Crippen LogP) is 5.03. The first-order valence-electron chi connectivity index (χ1n) is 8.11. The zero-order valence-corrected chi connectivity index (χ0v) is 15.2. The average Bonchev–Trinajstić information content (AvgIpc) is 3.26. The molecule has 0 radical (unpaired) electrons. The van der Waals surface area contributed by atoms with Crippen molar-refractivity contribution in [1.82, 2.24) is 9.78 Å². The topological polar surface area (TPSA) is 17.8 Å². The second kappa shape index (κ2) is 5.78. The first-order chi connectivity index (χ1) is 11.1. The molecule has 1 aromatic heterocycles. The Bertz CT molecular complexity index is 768. The molecule has 0 amide bonds. The molecule has 0 saturated heterocycles. The molecule has 2 nitrogen and oxygen atoms in total. The summed E-state index contributed by atoms with van der Waals surface area (Å²) >= 11 is 8.99. The Kier molecular flexibility index (Phi) is 3.88.